The van der Waals surface area contributed by atoms with Crippen LogP contribution in [0.4, 0.5) is 0 Å². The predicted molar refractivity (Wildman–Crippen MR) is 26.5 cm³/mol. The molecule has 0 atom stereocenters. The van der Waals surface area contributed by atoms with Crippen molar-refractivity contribution in [3.8, 4) is 0 Å². The maximum absolute atomic E-state index is 0. The molecule has 0 fully saturated rings. The summed E-state index contributed by atoms with van der Waals surface area (Å²) in [4.78, 5) is 0. The van der Waals surface area contributed by atoms with Crippen molar-refractivity contribution in [3.05, 3.63) is 0 Å². The average Bonchev–Trinajstić information content (AvgIpc) is 0. The first kappa shape index (κ1) is 25.4. The summed E-state index contributed by atoms with van der Waals surface area (Å²) in [6.07, 6.45) is 0. The fourth-order valence-electron chi connectivity index (χ4n) is 0. The Balaban J connectivity index is 0. The molecule has 4 heavy (non-hydrogen) atoms. The van der Waals surface area contributed by atoms with Gasteiger partial charge in [-0.05, 0) is 0 Å². The molecule has 0 amide bonds. The molecular formula is H7BaCdGaSe. The van der Waals surface area contributed by atoms with Gasteiger partial charge < -0.3 is 2.85 Å². The molecule has 0 aliphatic heterocycles. The molecule has 0 nitrogen and oxygen atoms in total. The van der Waals surface area contributed by atoms with E-state index in [1.807, 2.05) is 0 Å². The summed E-state index contributed by atoms with van der Waals surface area (Å²) in [5, 5.41) is 0. The van der Waals surface area contributed by atoms with Crippen LogP contribution in [0.3, 0.4) is 0 Å². The summed E-state index contributed by atoms with van der Waals surface area (Å²) in [6.45, 7) is 0. The first-order valence-corrected chi connectivity index (χ1v) is 0. The minimum absolute atomic E-state index is 0. The molecule has 0 aromatic rings. The SMILES string of the molecule is [Ba+2].[Cd].[GaH3].[H-].[H-].[SeH2]. The summed E-state index contributed by atoms with van der Waals surface area (Å²) in [5.74, 6) is 0. The van der Waals surface area contributed by atoms with Crippen LogP contribution in [0.2, 0.25) is 0 Å². The Labute approximate surface area is 113 Å². The number of hydrogen-bond donors (Lipinski definition) is 0. The molecule has 0 aliphatic carbocycles. The molecular weight excluding hydrogens is 398 g/mol. The van der Waals surface area contributed by atoms with Crippen molar-refractivity contribution in [2.24, 2.45) is 0 Å². The monoisotopic (exact) mass is 408 g/mol. The van der Waals surface area contributed by atoms with Crippen LogP contribution in [0.25, 0.3) is 0 Å². The third kappa shape index (κ3) is 9.17. The van der Waals surface area contributed by atoms with E-state index in [0.29, 0.717) is 0 Å². The molecule has 20 valence electrons. The van der Waals surface area contributed by atoms with Gasteiger partial charge in [0, 0.05) is 27.3 Å². The summed E-state index contributed by atoms with van der Waals surface area (Å²) < 4.78 is 0. The second-order valence-corrected chi connectivity index (χ2v) is 0. The van der Waals surface area contributed by atoms with Crippen LogP contribution in [-0.2, 0) is 27.3 Å². The molecule has 0 rings (SSSR count). The van der Waals surface area contributed by atoms with Gasteiger partial charge in [-0.1, -0.05) is 0 Å². The van der Waals surface area contributed by atoms with E-state index in [1.54, 1.807) is 0 Å². The Hall–Kier alpha value is 3.65. The number of hydrogen-bond acceptors (Lipinski definition) is 0. The molecule has 0 aromatic heterocycles. The Bertz CT molecular complexity index is 13.5. The summed E-state index contributed by atoms with van der Waals surface area (Å²) in [6, 6.07) is 0. The predicted octanol–water partition coefficient (Wildman–Crippen LogP) is -2.26. The molecule has 0 heterocycles. The Morgan fingerprint density at radius 1 is 1.25 bits per heavy atom. The fraction of sp³-hybridized carbons (Fsp3) is 0. The van der Waals surface area contributed by atoms with E-state index in [9.17, 15) is 0 Å². The van der Waals surface area contributed by atoms with Crippen LogP contribution < -0.4 is 0 Å². The van der Waals surface area contributed by atoms with E-state index in [4.69, 9.17) is 0 Å². The van der Waals surface area contributed by atoms with Gasteiger partial charge in [0.25, 0.3) is 0 Å². The van der Waals surface area contributed by atoms with E-state index in [0.717, 1.165) is 0 Å². The molecule has 0 saturated carbocycles. The molecule has 4 heteroatoms. The zero-order valence-electron chi connectivity index (χ0n) is 3.91. The quantitative estimate of drug-likeness (QED) is 0.400. The topological polar surface area (TPSA) is 0 Å². The first-order valence-electron chi connectivity index (χ1n) is 0. The van der Waals surface area contributed by atoms with Crippen molar-refractivity contribution in [2.75, 3.05) is 0 Å². The van der Waals surface area contributed by atoms with Gasteiger partial charge in [0.2, 0.25) is 0 Å². The van der Waals surface area contributed by atoms with E-state index in [-0.39, 0.29) is 116 Å². The van der Waals surface area contributed by atoms with E-state index in [1.165, 1.54) is 0 Å². The molecule has 0 N–H and O–H groups in total. The van der Waals surface area contributed by atoms with Crippen LogP contribution in [0.15, 0.2) is 0 Å². The first-order chi connectivity index (χ1) is 0. The van der Waals surface area contributed by atoms with Gasteiger partial charge in [-0.3, -0.25) is 0 Å². The van der Waals surface area contributed by atoms with Gasteiger partial charge in [0.1, 0.15) is 0 Å². The van der Waals surface area contributed by atoms with E-state index < -0.39 is 0 Å². The van der Waals surface area contributed by atoms with Crippen molar-refractivity contribution in [1.82, 2.24) is 0 Å². The van der Waals surface area contributed by atoms with E-state index in [2.05, 4.69) is 0 Å². The van der Waals surface area contributed by atoms with Gasteiger partial charge in [-0.2, -0.15) is 0 Å². The summed E-state index contributed by atoms with van der Waals surface area (Å²) in [5.41, 5.74) is 0. The average molecular weight is 405 g/mol. The molecule has 0 radical (unpaired) electrons. The molecule has 0 aliphatic rings. The van der Waals surface area contributed by atoms with Crippen LogP contribution in [0, 0.1) is 0 Å². The Morgan fingerprint density at radius 3 is 1.25 bits per heavy atom. The summed E-state index contributed by atoms with van der Waals surface area (Å²) in [7, 11) is 0. The molecule has 0 unspecified atom stereocenters. The Morgan fingerprint density at radius 2 is 1.25 bits per heavy atom. The second kappa shape index (κ2) is 15.9. The van der Waals surface area contributed by atoms with Crippen LogP contribution in [-0.4, -0.2) is 85.7 Å². The van der Waals surface area contributed by atoms with Crippen LogP contribution >= 0.6 is 0 Å². The van der Waals surface area contributed by atoms with Crippen molar-refractivity contribution in [3.63, 3.8) is 0 Å². The maximum atomic E-state index is 0. The molecule has 0 spiro atoms. The van der Waals surface area contributed by atoms with Gasteiger partial charge >= 0.3 is 85.7 Å². The third-order valence-electron chi connectivity index (χ3n) is 0. The fourth-order valence-corrected chi connectivity index (χ4v) is 0. The van der Waals surface area contributed by atoms with E-state index >= 15 is 0 Å². The standard InChI is InChI=1S/Ba.Cd.Ga.H2Se.5H/h;;;1H2;;;;;/q+2;;;;;;;2*-1. The molecule has 0 aromatic carbocycles. The summed E-state index contributed by atoms with van der Waals surface area (Å²) >= 11 is 0. The van der Waals surface area contributed by atoms with Gasteiger partial charge in [0.05, 0.1) is 0 Å². The van der Waals surface area contributed by atoms with Crippen molar-refractivity contribution in [2.45, 2.75) is 0 Å². The van der Waals surface area contributed by atoms with Gasteiger partial charge in [-0.15, -0.1) is 0 Å². The third-order valence-corrected chi connectivity index (χ3v) is 0. The van der Waals surface area contributed by atoms with Crippen molar-refractivity contribution >= 4 is 85.7 Å². The number of rotatable bonds is 0. The normalized spacial score (nSPS) is 0. The molecule has 0 bridgehead atoms. The zero-order chi connectivity index (χ0) is 0. The second-order valence-electron chi connectivity index (χ2n) is 0. The molecule has 0 saturated heterocycles. The van der Waals surface area contributed by atoms with Gasteiger partial charge in [-0.25, -0.2) is 0 Å². The van der Waals surface area contributed by atoms with Crippen molar-refractivity contribution < 1.29 is 30.2 Å². The Kier molecular flexibility index (Phi) is 101. The minimum atomic E-state index is 0. The zero-order valence-corrected chi connectivity index (χ0v) is 12.5. The van der Waals surface area contributed by atoms with Crippen LogP contribution in [0.1, 0.15) is 2.85 Å². The van der Waals surface area contributed by atoms with Gasteiger partial charge in [0.15, 0.2) is 0 Å². The van der Waals surface area contributed by atoms with Crippen LogP contribution in [0.5, 0.6) is 0 Å². The van der Waals surface area contributed by atoms with Crippen molar-refractivity contribution in [1.29, 1.82) is 0 Å².